The molecule has 4 rings (SSSR count). The van der Waals surface area contributed by atoms with Crippen molar-refractivity contribution in [1.29, 1.82) is 0 Å². The highest BCUT2D eigenvalue weighted by Crippen LogP contribution is 2.30. The van der Waals surface area contributed by atoms with Gasteiger partial charge in [0, 0.05) is 22.5 Å². The van der Waals surface area contributed by atoms with Crippen LogP contribution < -0.4 is 5.32 Å². The number of nitrogens with zero attached hydrogens (tertiary/aromatic N) is 3. The van der Waals surface area contributed by atoms with E-state index >= 15 is 0 Å². The summed E-state index contributed by atoms with van der Waals surface area (Å²) in [7, 11) is 1.36. The predicted octanol–water partition coefficient (Wildman–Crippen LogP) is 3.92. The number of methoxy groups -OCH3 is 1. The van der Waals surface area contributed by atoms with Crippen molar-refractivity contribution in [2.24, 2.45) is 0 Å². The number of para-hydroxylation sites is 1. The summed E-state index contributed by atoms with van der Waals surface area (Å²) in [6.07, 6.45) is 0. The molecule has 0 unspecified atom stereocenters. The molecule has 4 aromatic rings. The van der Waals surface area contributed by atoms with Crippen molar-refractivity contribution in [3.63, 3.8) is 0 Å². The topological polar surface area (TPSA) is 92.8 Å². The number of esters is 1. The van der Waals surface area contributed by atoms with E-state index in [0.29, 0.717) is 23.0 Å². The molecule has 3 aromatic heterocycles. The van der Waals surface area contributed by atoms with Crippen molar-refractivity contribution < 1.29 is 9.53 Å². The molecular formula is C18H15N5O2S. The Bertz CT molecular complexity index is 1100. The molecule has 0 fully saturated rings. The van der Waals surface area contributed by atoms with E-state index in [4.69, 9.17) is 4.74 Å². The molecule has 0 aliphatic carbocycles. The summed E-state index contributed by atoms with van der Waals surface area (Å²) in [5, 5.41) is 13.0. The number of hydrogen-bond donors (Lipinski definition) is 2. The van der Waals surface area contributed by atoms with Gasteiger partial charge in [-0.05, 0) is 25.1 Å². The molecule has 0 radical (unpaired) electrons. The summed E-state index contributed by atoms with van der Waals surface area (Å²) in [4.78, 5) is 21.8. The minimum absolute atomic E-state index is 0.376. The second-order valence-corrected chi connectivity index (χ2v) is 6.58. The first-order chi connectivity index (χ1) is 12.6. The Labute approximate surface area is 153 Å². The standard InChI is InChI=1S/C18H15N5O2S/c1-10-7-15(23-22-10)20-16-12-5-3-4-6-13(12)19-17(21-16)14-8-11(9-26-14)18(24)25-2/h3-9H,1-2H3,(H2,19,20,21,22,23). The Balaban J connectivity index is 1.80. The number of anilines is 2. The molecule has 0 aliphatic heterocycles. The van der Waals surface area contributed by atoms with Crippen LogP contribution in [0, 0.1) is 6.92 Å². The van der Waals surface area contributed by atoms with Crippen LogP contribution >= 0.6 is 11.3 Å². The zero-order valence-electron chi connectivity index (χ0n) is 14.1. The average molecular weight is 365 g/mol. The maximum atomic E-state index is 11.7. The van der Waals surface area contributed by atoms with E-state index in [-0.39, 0.29) is 5.97 Å². The highest BCUT2D eigenvalue weighted by atomic mass is 32.1. The number of rotatable bonds is 4. The van der Waals surface area contributed by atoms with Gasteiger partial charge in [0.25, 0.3) is 0 Å². The lowest BCUT2D eigenvalue weighted by atomic mass is 10.2. The summed E-state index contributed by atoms with van der Waals surface area (Å²) in [6, 6.07) is 11.4. The van der Waals surface area contributed by atoms with Crippen LogP contribution in [0.3, 0.4) is 0 Å². The van der Waals surface area contributed by atoms with Crippen molar-refractivity contribution in [1.82, 2.24) is 20.2 Å². The number of carbonyl (C=O) groups excluding carboxylic acids is 1. The average Bonchev–Trinajstić information content (AvgIpc) is 3.30. The van der Waals surface area contributed by atoms with Crippen LogP contribution in [-0.2, 0) is 4.74 Å². The first kappa shape index (κ1) is 16.2. The van der Waals surface area contributed by atoms with Crippen LogP contribution in [-0.4, -0.2) is 33.2 Å². The Morgan fingerprint density at radius 1 is 1.23 bits per heavy atom. The number of fused-ring (bicyclic) bond motifs is 1. The van der Waals surface area contributed by atoms with Gasteiger partial charge in [-0.2, -0.15) is 5.10 Å². The van der Waals surface area contributed by atoms with Gasteiger partial charge in [-0.25, -0.2) is 14.8 Å². The van der Waals surface area contributed by atoms with Crippen molar-refractivity contribution in [3.05, 3.63) is 53.0 Å². The molecule has 0 aliphatic rings. The third kappa shape index (κ3) is 3.02. The van der Waals surface area contributed by atoms with Crippen LogP contribution in [0.1, 0.15) is 16.1 Å². The van der Waals surface area contributed by atoms with E-state index in [2.05, 4.69) is 25.5 Å². The molecule has 0 bridgehead atoms. The Morgan fingerprint density at radius 2 is 2.08 bits per heavy atom. The molecular weight excluding hydrogens is 350 g/mol. The predicted molar refractivity (Wildman–Crippen MR) is 101 cm³/mol. The summed E-state index contributed by atoms with van der Waals surface area (Å²) in [5.74, 6) is 1.50. The number of hydrogen-bond acceptors (Lipinski definition) is 7. The second-order valence-electron chi connectivity index (χ2n) is 5.67. The highest BCUT2D eigenvalue weighted by Gasteiger charge is 2.15. The third-order valence-corrected chi connectivity index (χ3v) is 4.72. The fourth-order valence-corrected chi connectivity index (χ4v) is 3.37. The largest absolute Gasteiger partial charge is 0.465 e. The number of nitrogens with one attached hydrogen (secondary N) is 2. The Kier molecular flexibility index (Phi) is 4.10. The zero-order valence-corrected chi connectivity index (χ0v) is 14.9. The molecule has 0 amide bonds. The molecule has 0 saturated heterocycles. The number of aromatic amines is 1. The quantitative estimate of drug-likeness (QED) is 0.533. The van der Waals surface area contributed by atoms with E-state index in [1.54, 1.807) is 11.4 Å². The number of ether oxygens (including phenoxy) is 1. The number of thiophene rings is 1. The van der Waals surface area contributed by atoms with E-state index in [9.17, 15) is 4.79 Å². The van der Waals surface area contributed by atoms with Crippen LogP contribution in [0.15, 0.2) is 41.8 Å². The lowest BCUT2D eigenvalue weighted by Crippen LogP contribution is -2.00. The maximum Gasteiger partial charge on any atom is 0.338 e. The molecule has 1 aromatic carbocycles. The zero-order chi connectivity index (χ0) is 18.1. The van der Waals surface area contributed by atoms with Gasteiger partial charge in [0.05, 0.1) is 23.1 Å². The van der Waals surface area contributed by atoms with Crippen molar-refractivity contribution in [2.75, 3.05) is 12.4 Å². The van der Waals surface area contributed by atoms with Crippen molar-refractivity contribution in [3.8, 4) is 10.7 Å². The van der Waals surface area contributed by atoms with Gasteiger partial charge in [-0.3, -0.25) is 5.10 Å². The fraction of sp³-hybridized carbons (Fsp3) is 0.111. The van der Waals surface area contributed by atoms with Crippen LogP contribution in [0.25, 0.3) is 21.6 Å². The monoisotopic (exact) mass is 365 g/mol. The van der Waals surface area contributed by atoms with Crippen LogP contribution in [0.2, 0.25) is 0 Å². The SMILES string of the molecule is COC(=O)c1csc(-c2nc(Nc3cc(C)[nH]n3)c3ccccc3n2)c1. The van der Waals surface area contributed by atoms with Gasteiger partial charge >= 0.3 is 5.97 Å². The van der Waals surface area contributed by atoms with E-state index < -0.39 is 0 Å². The number of H-pyrrole nitrogens is 1. The molecule has 0 spiro atoms. The number of carbonyl (C=O) groups is 1. The third-order valence-electron chi connectivity index (χ3n) is 3.80. The number of aryl methyl sites for hydroxylation is 1. The summed E-state index contributed by atoms with van der Waals surface area (Å²) < 4.78 is 4.76. The van der Waals surface area contributed by atoms with Gasteiger partial charge in [0.15, 0.2) is 11.6 Å². The maximum absolute atomic E-state index is 11.7. The van der Waals surface area contributed by atoms with Gasteiger partial charge in [0.1, 0.15) is 5.82 Å². The lowest BCUT2D eigenvalue weighted by molar-refractivity contribution is 0.0601. The molecule has 0 atom stereocenters. The van der Waals surface area contributed by atoms with E-state index in [1.165, 1.54) is 18.4 Å². The first-order valence-corrected chi connectivity index (χ1v) is 8.75. The minimum atomic E-state index is -0.376. The van der Waals surface area contributed by atoms with E-state index in [1.807, 2.05) is 37.3 Å². The normalized spacial score (nSPS) is 10.8. The molecule has 3 heterocycles. The van der Waals surface area contributed by atoms with Crippen LogP contribution in [0.5, 0.6) is 0 Å². The van der Waals surface area contributed by atoms with Gasteiger partial charge in [0.2, 0.25) is 0 Å². The number of aromatic nitrogens is 4. The molecule has 7 nitrogen and oxygen atoms in total. The molecule has 2 N–H and O–H groups in total. The number of benzene rings is 1. The summed E-state index contributed by atoms with van der Waals surface area (Å²) in [5.41, 5.74) is 2.24. The van der Waals surface area contributed by atoms with E-state index in [0.717, 1.165) is 21.5 Å². The van der Waals surface area contributed by atoms with Gasteiger partial charge in [-0.15, -0.1) is 11.3 Å². The Hall–Kier alpha value is -3.26. The van der Waals surface area contributed by atoms with Crippen molar-refractivity contribution in [2.45, 2.75) is 6.92 Å². The van der Waals surface area contributed by atoms with Crippen LogP contribution in [0.4, 0.5) is 11.6 Å². The van der Waals surface area contributed by atoms with Crippen molar-refractivity contribution >= 4 is 39.8 Å². The first-order valence-electron chi connectivity index (χ1n) is 7.87. The second kappa shape index (κ2) is 6.57. The molecule has 0 saturated carbocycles. The minimum Gasteiger partial charge on any atom is -0.465 e. The molecule has 8 heteroatoms. The molecule has 26 heavy (non-hydrogen) atoms. The fourth-order valence-electron chi connectivity index (χ4n) is 2.56. The lowest BCUT2D eigenvalue weighted by Gasteiger charge is -2.08. The molecule has 130 valence electrons. The summed E-state index contributed by atoms with van der Waals surface area (Å²) >= 11 is 1.40. The highest BCUT2D eigenvalue weighted by molar-refractivity contribution is 7.13. The smallest absolute Gasteiger partial charge is 0.338 e. The van der Waals surface area contributed by atoms with Gasteiger partial charge in [-0.1, -0.05) is 12.1 Å². The van der Waals surface area contributed by atoms with Gasteiger partial charge < -0.3 is 10.1 Å². The summed E-state index contributed by atoms with van der Waals surface area (Å²) in [6.45, 7) is 1.93. The Morgan fingerprint density at radius 3 is 2.85 bits per heavy atom.